The van der Waals surface area contributed by atoms with Crippen molar-refractivity contribution in [2.24, 2.45) is 5.73 Å². The van der Waals surface area contributed by atoms with Crippen molar-refractivity contribution in [1.82, 2.24) is 0 Å². The number of rotatable bonds is 3. The zero-order valence-electron chi connectivity index (χ0n) is 6.90. The Morgan fingerprint density at radius 1 is 1.62 bits per heavy atom. The molecule has 3 N–H and O–H groups in total. The fraction of sp³-hybridized carbons (Fsp3) is 0.222. The van der Waals surface area contributed by atoms with E-state index in [-0.39, 0.29) is 12.0 Å². The lowest BCUT2D eigenvalue weighted by atomic mass is 10.1. The molecule has 0 aliphatic carbocycles. The quantitative estimate of drug-likeness (QED) is 0.691. The molecule has 0 aliphatic rings. The van der Waals surface area contributed by atoms with E-state index in [0.29, 0.717) is 5.56 Å². The van der Waals surface area contributed by atoms with Crippen LogP contribution < -0.4 is 5.73 Å². The number of halogens is 1. The zero-order chi connectivity index (χ0) is 9.84. The van der Waals surface area contributed by atoms with Gasteiger partial charge in [-0.2, -0.15) is 0 Å². The molecule has 1 rings (SSSR count). The Labute approximate surface area is 75.0 Å². The Kier molecular flexibility index (Phi) is 2.97. The minimum atomic E-state index is -1.44. The molecule has 0 saturated heterocycles. The second kappa shape index (κ2) is 4.00. The molecule has 3 nitrogen and oxygen atoms in total. The molecule has 0 fully saturated rings. The predicted molar refractivity (Wildman–Crippen MR) is 46.2 cm³/mol. The summed E-state index contributed by atoms with van der Waals surface area (Å²) >= 11 is 0. The summed E-state index contributed by atoms with van der Waals surface area (Å²) in [4.78, 5) is 10.5. The van der Waals surface area contributed by atoms with Crippen LogP contribution in [0.3, 0.4) is 0 Å². The molecule has 0 radical (unpaired) electrons. The van der Waals surface area contributed by atoms with Gasteiger partial charge in [-0.3, -0.25) is 0 Å². The molecule has 0 amide bonds. The minimum Gasteiger partial charge on any atom is -0.478 e. The second-order valence-electron chi connectivity index (χ2n) is 2.73. The van der Waals surface area contributed by atoms with Crippen LogP contribution in [0.5, 0.6) is 0 Å². The molecule has 0 saturated carbocycles. The highest BCUT2D eigenvalue weighted by Gasteiger charge is 2.05. The zero-order valence-corrected chi connectivity index (χ0v) is 6.90. The Bertz CT molecular complexity index is 312. The SMILES string of the molecule is NC(F)Cc1cccc(C(=O)O)c1. The van der Waals surface area contributed by atoms with E-state index >= 15 is 0 Å². The van der Waals surface area contributed by atoms with Gasteiger partial charge in [-0.15, -0.1) is 0 Å². The van der Waals surface area contributed by atoms with Gasteiger partial charge >= 0.3 is 5.97 Å². The fourth-order valence-electron chi connectivity index (χ4n) is 1.06. The predicted octanol–water partition coefficient (Wildman–Crippen LogP) is 1.18. The van der Waals surface area contributed by atoms with E-state index in [1.54, 1.807) is 12.1 Å². The first-order valence-corrected chi connectivity index (χ1v) is 3.81. The van der Waals surface area contributed by atoms with Crippen molar-refractivity contribution in [2.75, 3.05) is 0 Å². The number of benzene rings is 1. The Hall–Kier alpha value is -1.42. The van der Waals surface area contributed by atoms with E-state index < -0.39 is 12.3 Å². The first kappa shape index (κ1) is 9.67. The van der Waals surface area contributed by atoms with Crippen molar-refractivity contribution in [3.8, 4) is 0 Å². The van der Waals surface area contributed by atoms with Crippen LogP contribution in [-0.2, 0) is 6.42 Å². The summed E-state index contributed by atoms with van der Waals surface area (Å²) in [5.41, 5.74) is 5.68. The minimum absolute atomic E-state index is 0.0428. The van der Waals surface area contributed by atoms with Crippen molar-refractivity contribution >= 4 is 5.97 Å². The smallest absolute Gasteiger partial charge is 0.335 e. The lowest BCUT2D eigenvalue weighted by molar-refractivity contribution is 0.0696. The summed E-state index contributed by atoms with van der Waals surface area (Å²) in [6.45, 7) is 0. The monoisotopic (exact) mass is 183 g/mol. The lowest BCUT2D eigenvalue weighted by Crippen LogP contribution is -2.16. The average molecular weight is 183 g/mol. The van der Waals surface area contributed by atoms with Gasteiger partial charge in [0.2, 0.25) is 0 Å². The van der Waals surface area contributed by atoms with Gasteiger partial charge < -0.3 is 10.8 Å². The summed E-state index contributed by atoms with van der Waals surface area (Å²) in [5, 5.41) is 8.62. The van der Waals surface area contributed by atoms with E-state index in [2.05, 4.69) is 0 Å². The summed E-state index contributed by atoms with van der Waals surface area (Å²) in [7, 11) is 0. The van der Waals surface area contributed by atoms with Crippen molar-refractivity contribution in [3.05, 3.63) is 35.4 Å². The van der Waals surface area contributed by atoms with Gasteiger partial charge in [-0.1, -0.05) is 12.1 Å². The third kappa shape index (κ3) is 2.83. The van der Waals surface area contributed by atoms with Crippen LogP contribution in [0.4, 0.5) is 4.39 Å². The summed E-state index contributed by atoms with van der Waals surface area (Å²) < 4.78 is 12.4. The molecule has 0 heterocycles. The van der Waals surface area contributed by atoms with Gasteiger partial charge in [0.15, 0.2) is 6.30 Å². The maximum atomic E-state index is 12.4. The molecule has 0 aliphatic heterocycles. The third-order valence-electron chi connectivity index (χ3n) is 1.60. The molecule has 0 bridgehead atoms. The third-order valence-corrected chi connectivity index (χ3v) is 1.60. The van der Waals surface area contributed by atoms with E-state index in [0.717, 1.165) is 0 Å². The van der Waals surface area contributed by atoms with Gasteiger partial charge in [0, 0.05) is 6.42 Å². The molecule has 1 aromatic rings. The van der Waals surface area contributed by atoms with Crippen LogP contribution in [0, 0.1) is 0 Å². The first-order chi connectivity index (χ1) is 6.09. The summed E-state index contributed by atoms with van der Waals surface area (Å²) in [5.74, 6) is -1.02. The van der Waals surface area contributed by atoms with Crippen LogP contribution in [0.1, 0.15) is 15.9 Å². The van der Waals surface area contributed by atoms with Crippen molar-refractivity contribution in [3.63, 3.8) is 0 Å². The number of carbonyl (C=O) groups is 1. The van der Waals surface area contributed by atoms with Gasteiger partial charge in [0.25, 0.3) is 0 Å². The van der Waals surface area contributed by atoms with Crippen LogP contribution >= 0.6 is 0 Å². The highest BCUT2D eigenvalue weighted by atomic mass is 19.1. The summed E-state index contributed by atoms with van der Waals surface area (Å²) in [6.07, 6.45) is -1.40. The number of carboxylic acids is 1. The number of hydrogen-bond acceptors (Lipinski definition) is 2. The van der Waals surface area contributed by atoms with Crippen LogP contribution in [0.25, 0.3) is 0 Å². The van der Waals surface area contributed by atoms with E-state index in [4.69, 9.17) is 10.8 Å². The molecular formula is C9H10FNO2. The molecule has 13 heavy (non-hydrogen) atoms. The Morgan fingerprint density at radius 2 is 2.31 bits per heavy atom. The second-order valence-corrected chi connectivity index (χ2v) is 2.73. The molecule has 70 valence electrons. The number of carboxylic acid groups (broad SMARTS) is 1. The number of hydrogen-bond donors (Lipinski definition) is 2. The number of aromatic carboxylic acids is 1. The number of alkyl halides is 1. The molecular weight excluding hydrogens is 173 g/mol. The van der Waals surface area contributed by atoms with Crippen LogP contribution in [0.2, 0.25) is 0 Å². The highest BCUT2D eigenvalue weighted by Crippen LogP contribution is 2.07. The van der Waals surface area contributed by atoms with Gasteiger partial charge in [0.05, 0.1) is 5.56 Å². The van der Waals surface area contributed by atoms with Crippen molar-refractivity contribution in [2.45, 2.75) is 12.7 Å². The van der Waals surface area contributed by atoms with Crippen LogP contribution in [-0.4, -0.2) is 17.4 Å². The molecule has 0 spiro atoms. The first-order valence-electron chi connectivity index (χ1n) is 3.81. The highest BCUT2D eigenvalue weighted by molar-refractivity contribution is 5.87. The van der Waals surface area contributed by atoms with Gasteiger partial charge in [-0.05, 0) is 17.7 Å². The normalized spacial score (nSPS) is 12.5. The standard InChI is InChI=1S/C9H10FNO2/c10-8(11)5-6-2-1-3-7(4-6)9(12)13/h1-4,8H,5,11H2,(H,12,13). The Morgan fingerprint density at radius 3 is 2.85 bits per heavy atom. The van der Waals surface area contributed by atoms with E-state index in [1.807, 2.05) is 0 Å². The van der Waals surface area contributed by atoms with E-state index in [1.165, 1.54) is 12.1 Å². The molecule has 1 aromatic carbocycles. The van der Waals surface area contributed by atoms with E-state index in [9.17, 15) is 9.18 Å². The molecule has 1 unspecified atom stereocenters. The lowest BCUT2D eigenvalue weighted by Gasteiger charge is -2.02. The molecule has 0 aromatic heterocycles. The summed E-state index contributed by atoms with van der Waals surface area (Å²) in [6, 6.07) is 6.09. The topological polar surface area (TPSA) is 63.3 Å². The Balaban J connectivity index is 2.85. The fourth-order valence-corrected chi connectivity index (χ4v) is 1.06. The van der Waals surface area contributed by atoms with Crippen molar-refractivity contribution < 1.29 is 14.3 Å². The van der Waals surface area contributed by atoms with Gasteiger partial charge in [0.1, 0.15) is 0 Å². The van der Waals surface area contributed by atoms with Crippen LogP contribution in [0.15, 0.2) is 24.3 Å². The maximum Gasteiger partial charge on any atom is 0.335 e. The molecule has 4 heteroatoms. The van der Waals surface area contributed by atoms with Crippen molar-refractivity contribution in [1.29, 1.82) is 0 Å². The maximum absolute atomic E-state index is 12.4. The largest absolute Gasteiger partial charge is 0.478 e. The average Bonchev–Trinajstić information content (AvgIpc) is 2.03. The number of nitrogens with two attached hydrogens (primary N) is 1. The van der Waals surface area contributed by atoms with Gasteiger partial charge in [-0.25, -0.2) is 9.18 Å². The molecule has 1 atom stereocenters.